The SMILES string of the molecule is C1=CC2C(CCC3NCCCC32)N=C1. The molecule has 2 aliphatic heterocycles. The van der Waals surface area contributed by atoms with E-state index in [1.807, 2.05) is 6.21 Å². The van der Waals surface area contributed by atoms with Crippen LogP contribution in [0, 0.1) is 11.8 Å². The summed E-state index contributed by atoms with van der Waals surface area (Å²) in [5.41, 5.74) is 0. The van der Waals surface area contributed by atoms with Crippen molar-refractivity contribution in [2.75, 3.05) is 6.54 Å². The molecule has 3 aliphatic rings. The maximum atomic E-state index is 4.60. The second-order valence-electron chi connectivity index (χ2n) is 4.77. The van der Waals surface area contributed by atoms with E-state index >= 15 is 0 Å². The molecule has 76 valence electrons. The first-order valence-electron chi connectivity index (χ1n) is 5.88. The van der Waals surface area contributed by atoms with Crippen LogP contribution in [0.5, 0.6) is 0 Å². The van der Waals surface area contributed by atoms with Crippen LogP contribution >= 0.6 is 0 Å². The van der Waals surface area contributed by atoms with Gasteiger partial charge in [-0.15, -0.1) is 0 Å². The molecule has 0 spiro atoms. The van der Waals surface area contributed by atoms with Crippen LogP contribution in [0.2, 0.25) is 0 Å². The highest BCUT2D eigenvalue weighted by atomic mass is 15.0. The molecule has 2 nitrogen and oxygen atoms in total. The molecule has 0 amide bonds. The molecule has 0 aromatic carbocycles. The average molecular weight is 190 g/mol. The van der Waals surface area contributed by atoms with Crippen LogP contribution in [0.15, 0.2) is 17.1 Å². The monoisotopic (exact) mass is 190 g/mol. The van der Waals surface area contributed by atoms with Crippen molar-refractivity contribution >= 4 is 6.21 Å². The molecule has 1 saturated heterocycles. The number of hydrogen-bond acceptors (Lipinski definition) is 2. The minimum atomic E-state index is 0.598. The lowest BCUT2D eigenvalue weighted by Gasteiger charge is -2.44. The van der Waals surface area contributed by atoms with Crippen molar-refractivity contribution in [2.24, 2.45) is 16.8 Å². The van der Waals surface area contributed by atoms with E-state index in [4.69, 9.17) is 0 Å². The number of nitrogens with zero attached hydrogens (tertiary/aromatic N) is 1. The number of hydrogen-bond donors (Lipinski definition) is 1. The van der Waals surface area contributed by atoms with Gasteiger partial charge in [0.05, 0.1) is 6.04 Å². The Morgan fingerprint density at radius 3 is 3.21 bits per heavy atom. The molecular formula is C12H18N2. The number of dihydropyridines is 1. The topological polar surface area (TPSA) is 24.4 Å². The summed E-state index contributed by atoms with van der Waals surface area (Å²) in [6.07, 6.45) is 11.9. The van der Waals surface area contributed by atoms with E-state index in [9.17, 15) is 0 Å². The maximum Gasteiger partial charge on any atom is 0.0566 e. The largest absolute Gasteiger partial charge is 0.314 e. The summed E-state index contributed by atoms with van der Waals surface area (Å²) in [6.45, 7) is 1.23. The van der Waals surface area contributed by atoms with Gasteiger partial charge in [-0.1, -0.05) is 6.08 Å². The lowest BCUT2D eigenvalue weighted by atomic mass is 9.69. The third-order valence-corrected chi connectivity index (χ3v) is 4.05. The number of fused-ring (bicyclic) bond motifs is 3. The molecule has 4 unspecified atom stereocenters. The molecule has 0 aromatic rings. The van der Waals surface area contributed by atoms with Crippen molar-refractivity contribution in [3.63, 3.8) is 0 Å². The van der Waals surface area contributed by atoms with Gasteiger partial charge in [-0.25, -0.2) is 0 Å². The first-order valence-corrected chi connectivity index (χ1v) is 5.88. The van der Waals surface area contributed by atoms with Gasteiger partial charge in [-0.05, 0) is 44.2 Å². The maximum absolute atomic E-state index is 4.60. The lowest BCUT2D eigenvalue weighted by Crippen LogP contribution is -2.50. The summed E-state index contributed by atoms with van der Waals surface area (Å²) < 4.78 is 0. The summed E-state index contributed by atoms with van der Waals surface area (Å²) in [5.74, 6) is 1.59. The minimum Gasteiger partial charge on any atom is -0.314 e. The fraction of sp³-hybridized carbons (Fsp3) is 0.750. The Morgan fingerprint density at radius 1 is 1.21 bits per heavy atom. The third kappa shape index (κ3) is 1.33. The second-order valence-corrected chi connectivity index (χ2v) is 4.77. The standard InChI is InChI=1S/C12H18N2/c1-3-9-10-4-2-8-14-12(10)6-5-11(9)13-7-1/h1,3,7,9-12,14H,2,4-6,8H2. The van der Waals surface area contributed by atoms with Crippen LogP contribution in [0.3, 0.4) is 0 Å². The summed E-state index contributed by atoms with van der Waals surface area (Å²) in [4.78, 5) is 4.60. The van der Waals surface area contributed by atoms with E-state index in [0.29, 0.717) is 6.04 Å². The van der Waals surface area contributed by atoms with Gasteiger partial charge in [-0.2, -0.15) is 0 Å². The molecule has 2 heteroatoms. The van der Waals surface area contributed by atoms with Crippen LogP contribution < -0.4 is 5.32 Å². The first kappa shape index (κ1) is 8.66. The second kappa shape index (κ2) is 3.50. The van der Waals surface area contributed by atoms with Gasteiger partial charge in [-0.3, -0.25) is 4.99 Å². The highest BCUT2D eigenvalue weighted by Gasteiger charge is 2.39. The molecule has 3 rings (SSSR count). The Labute approximate surface area is 85.5 Å². The molecular weight excluding hydrogens is 172 g/mol. The van der Waals surface area contributed by atoms with E-state index in [1.54, 1.807) is 0 Å². The number of aliphatic imine (C=N–C) groups is 1. The van der Waals surface area contributed by atoms with Gasteiger partial charge in [0.1, 0.15) is 0 Å². The fourth-order valence-corrected chi connectivity index (χ4v) is 3.37. The first-order chi connectivity index (χ1) is 6.95. The minimum absolute atomic E-state index is 0.598. The molecule has 0 radical (unpaired) electrons. The predicted octanol–water partition coefficient (Wildman–Crippen LogP) is 1.77. The Balaban J connectivity index is 1.82. The Bertz CT molecular complexity index is 269. The normalized spacial score (nSPS) is 45.7. The van der Waals surface area contributed by atoms with Crippen molar-refractivity contribution in [3.05, 3.63) is 12.2 Å². The van der Waals surface area contributed by atoms with Gasteiger partial charge < -0.3 is 5.32 Å². The highest BCUT2D eigenvalue weighted by molar-refractivity contribution is 5.72. The number of piperidine rings is 1. The van der Waals surface area contributed by atoms with Gasteiger partial charge in [0.25, 0.3) is 0 Å². The van der Waals surface area contributed by atoms with Crippen LogP contribution in [0.4, 0.5) is 0 Å². The molecule has 2 fully saturated rings. The Kier molecular flexibility index (Phi) is 2.17. The number of nitrogens with one attached hydrogen (secondary N) is 1. The summed E-state index contributed by atoms with van der Waals surface area (Å²) >= 11 is 0. The predicted molar refractivity (Wildman–Crippen MR) is 58.7 cm³/mol. The molecule has 4 atom stereocenters. The van der Waals surface area contributed by atoms with E-state index < -0.39 is 0 Å². The van der Waals surface area contributed by atoms with Crippen molar-refractivity contribution in [3.8, 4) is 0 Å². The lowest BCUT2D eigenvalue weighted by molar-refractivity contribution is 0.148. The fourth-order valence-electron chi connectivity index (χ4n) is 3.37. The molecule has 14 heavy (non-hydrogen) atoms. The van der Waals surface area contributed by atoms with Gasteiger partial charge in [0.15, 0.2) is 0 Å². The summed E-state index contributed by atoms with van der Waals surface area (Å²) in [5, 5.41) is 3.67. The van der Waals surface area contributed by atoms with Crippen LogP contribution in [0.25, 0.3) is 0 Å². The van der Waals surface area contributed by atoms with E-state index in [1.165, 1.54) is 32.2 Å². The smallest absolute Gasteiger partial charge is 0.0566 e. The van der Waals surface area contributed by atoms with Crippen molar-refractivity contribution in [2.45, 2.75) is 37.8 Å². The van der Waals surface area contributed by atoms with Gasteiger partial charge >= 0.3 is 0 Å². The summed E-state index contributed by atoms with van der Waals surface area (Å²) in [7, 11) is 0. The van der Waals surface area contributed by atoms with Crippen molar-refractivity contribution < 1.29 is 0 Å². The van der Waals surface area contributed by atoms with Crippen LogP contribution in [-0.4, -0.2) is 24.8 Å². The van der Waals surface area contributed by atoms with Crippen molar-refractivity contribution in [1.29, 1.82) is 0 Å². The zero-order valence-corrected chi connectivity index (χ0v) is 8.52. The number of rotatable bonds is 0. The molecule has 0 aromatic heterocycles. The zero-order valence-electron chi connectivity index (χ0n) is 8.52. The van der Waals surface area contributed by atoms with Crippen LogP contribution in [0.1, 0.15) is 25.7 Å². The molecule has 2 heterocycles. The Morgan fingerprint density at radius 2 is 2.21 bits per heavy atom. The number of allylic oxidation sites excluding steroid dienone is 1. The molecule has 0 bridgehead atoms. The van der Waals surface area contributed by atoms with Gasteiger partial charge in [0.2, 0.25) is 0 Å². The third-order valence-electron chi connectivity index (χ3n) is 4.05. The Hall–Kier alpha value is -0.630. The van der Waals surface area contributed by atoms with Crippen molar-refractivity contribution in [1.82, 2.24) is 5.32 Å². The molecule has 1 aliphatic carbocycles. The van der Waals surface area contributed by atoms with E-state index in [2.05, 4.69) is 22.5 Å². The zero-order chi connectivity index (χ0) is 9.38. The highest BCUT2D eigenvalue weighted by Crippen LogP contribution is 2.38. The molecule has 1 saturated carbocycles. The van der Waals surface area contributed by atoms with Gasteiger partial charge in [0, 0.05) is 18.2 Å². The van der Waals surface area contributed by atoms with Crippen LogP contribution in [-0.2, 0) is 0 Å². The van der Waals surface area contributed by atoms with E-state index in [-0.39, 0.29) is 0 Å². The average Bonchev–Trinajstić information content (AvgIpc) is 2.29. The quantitative estimate of drug-likeness (QED) is 0.618. The summed E-state index contributed by atoms with van der Waals surface area (Å²) in [6, 6.07) is 1.38. The molecule has 1 N–H and O–H groups in total. The van der Waals surface area contributed by atoms with E-state index in [0.717, 1.165) is 17.9 Å².